The van der Waals surface area contributed by atoms with Gasteiger partial charge in [-0.2, -0.15) is 28.2 Å². The maximum Gasteiger partial charge on any atom is 0.416 e. The summed E-state index contributed by atoms with van der Waals surface area (Å²) in [5, 5.41) is 14.8. The summed E-state index contributed by atoms with van der Waals surface area (Å²) in [6.07, 6.45) is -1.36. The molecule has 2 aromatic heterocycles. The van der Waals surface area contributed by atoms with Crippen molar-refractivity contribution in [3.05, 3.63) is 48.3 Å². The lowest BCUT2D eigenvalue weighted by molar-refractivity contribution is -0.137. The van der Waals surface area contributed by atoms with Gasteiger partial charge in [-0.1, -0.05) is 12.1 Å². The summed E-state index contributed by atoms with van der Waals surface area (Å²) in [4.78, 5) is 13.4. The molecule has 1 N–H and O–H groups in total. The van der Waals surface area contributed by atoms with E-state index in [0.717, 1.165) is 12.1 Å². The van der Waals surface area contributed by atoms with Gasteiger partial charge in [0, 0.05) is 11.8 Å². The van der Waals surface area contributed by atoms with E-state index in [1.54, 1.807) is 12.3 Å². The number of anilines is 1. The maximum atomic E-state index is 12.6. The van der Waals surface area contributed by atoms with Crippen molar-refractivity contribution in [2.24, 2.45) is 0 Å². The second kappa shape index (κ2) is 6.98. The van der Waals surface area contributed by atoms with Gasteiger partial charge in [0.2, 0.25) is 5.91 Å². The van der Waals surface area contributed by atoms with Crippen molar-refractivity contribution in [2.75, 3.05) is 5.32 Å². The van der Waals surface area contributed by atoms with Crippen LogP contribution in [0.3, 0.4) is 0 Å². The topological polar surface area (TPSA) is 77.6 Å². The number of hydrogen-bond donors (Lipinski definition) is 1. The number of amides is 1. The monoisotopic (exact) mass is 364 g/mol. The van der Waals surface area contributed by atoms with Gasteiger partial charge in [-0.3, -0.25) is 9.48 Å². The standard InChI is InChI=1S/C16H15F3N6O/c1-2-25-20-9-14(23-25)21-15(26)10-24-8-7-13(22-24)11-3-5-12(6-4-11)16(17,18)19/h3-9H,2,10H2,1H3,(H,21,23,26). The number of nitrogens with one attached hydrogen (secondary N) is 1. The summed E-state index contributed by atoms with van der Waals surface area (Å²) >= 11 is 0. The molecule has 7 nitrogen and oxygen atoms in total. The average Bonchev–Trinajstić information content (AvgIpc) is 3.23. The Morgan fingerprint density at radius 1 is 1.15 bits per heavy atom. The molecule has 0 radical (unpaired) electrons. The second-order valence-electron chi connectivity index (χ2n) is 5.44. The van der Waals surface area contributed by atoms with Crippen LogP contribution in [-0.2, 0) is 24.1 Å². The van der Waals surface area contributed by atoms with Crippen LogP contribution in [0.25, 0.3) is 11.3 Å². The maximum absolute atomic E-state index is 12.6. The van der Waals surface area contributed by atoms with E-state index in [1.807, 2.05) is 6.92 Å². The first-order valence-electron chi connectivity index (χ1n) is 7.76. The van der Waals surface area contributed by atoms with E-state index in [1.165, 1.54) is 27.8 Å². The molecule has 0 saturated heterocycles. The van der Waals surface area contributed by atoms with Crippen molar-refractivity contribution in [3.63, 3.8) is 0 Å². The summed E-state index contributed by atoms with van der Waals surface area (Å²) in [5.74, 6) is 0.00203. The summed E-state index contributed by atoms with van der Waals surface area (Å²) in [6.45, 7) is 2.41. The lowest BCUT2D eigenvalue weighted by atomic mass is 10.1. The molecule has 0 atom stereocenters. The normalized spacial score (nSPS) is 11.5. The predicted octanol–water partition coefficient (Wildman–Crippen LogP) is 2.82. The van der Waals surface area contributed by atoms with Gasteiger partial charge < -0.3 is 5.32 Å². The van der Waals surface area contributed by atoms with Crippen molar-refractivity contribution in [2.45, 2.75) is 26.2 Å². The molecular weight excluding hydrogens is 349 g/mol. The number of carbonyl (C=O) groups excluding carboxylic acids is 1. The Kier molecular flexibility index (Phi) is 4.74. The number of hydrogen-bond acceptors (Lipinski definition) is 4. The van der Waals surface area contributed by atoms with Crippen LogP contribution < -0.4 is 5.32 Å². The fourth-order valence-electron chi connectivity index (χ4n) is 2.27. The molecule has 0 saturated carbocycles. The Morgan fingerprint density at radius 2 is 1.88 bits per heavy atom. The molecule has 0 unspecified atom stereocenters. The fourth-order valence-corrected chi connectivity index (χ4v) is 2.27. The van der Waals surface area contributed by atoms with Crippen LogP contribution in [0.1, 0.15) is 12.5 Å². The molecule has 2 heterocycles. The van der Waals surface area contributed by atoms with Crippen LogP contribution in [0.15, 0.2) is 42.7 Å². The van der Waals surface area contributed by atoms with E-state index in [4.69, 9.17) is 0 Å². The molecule has 0 bridgehead atoms. The summed E-state index contributed by atoms with van der Waals surface area (Å²) in [6, 6.07) is 6.32. The molecule has 1 amide bonds. The number of nitrogens with zero attached hydrogens (tertiary/aromatic N) is 5. The third kappa shape index (κ3) is 4.08. The second-order valence-corrected chi connectivity index (χ2v) is 5.44. The van der Waals surface area contributed by atoms with Crippen molar-refractivity contribution >= 4 is 11.7 Å². The molecule has 1 aromatic carbocycles. The minimum Gasteiger partial charge on any atom is -0.306 e. The molecule has 3 rings (SSSR count). The third-order valence-corrected chi connectivity index (χ3v) is 3.54. The molecule has 0 spiro atoms. The van der Waals surface area contributed by atoms with E-state index in [-0.39, 0.29) is 12.5 Å². The van der Waals surface area contributed by atoms with Crippen molar-refractivity contribution in [3.8, 4) is 11.3 Å². The Balaban J connectivity index is 1.65. The first-order valence-corrected chi connectivity index (χ1v) is 7.76. The summed E-state index contributed by atoms with van der Waals surface area (Å²) in [5.41, 5.74) is 0.284. The molecule has 0 aliphatic carbocycles. The van der Waals surface area contributed by atoms with E-state index in [2.05, 4.69) is 20.6 Å². The zero-order chi connectivity index (χ0) is 18.7. The lowest BCUT2D eigenvalue weighted by Gasteiger charge is -2.06. The highest BCUT2D eigenvalue weighted by molar-refractivity contribution is 5.89. The molecular formula is C16H15F3N6O. The minimum absolute atomic E-state index is 0.0559. The lowest BCUT2D eigenvalue weighted by Crippen LogP contribution is -2.19. The minimum atomic E-state index is -4.38. The quantitative estimate of drug-likeness (QED) is 0.755. The Labute approximate surface area is 146 Å². The number of benzene rings is 1. The molecule has 26 heavy (non-hydrogen) atoms. The van der Waals surface area contributed by atoms with Crippen molar-refractivity contribution < 1.29 is 18.0 Å². The van der Waals surface area contributed by atoms with E-state index < -0.39 is 11.7 Å². The van der Waals surface area contributed by atoms with Gasteiger partial charge in [0.15, 0.2) is 5.82 Å². The van der Waals surface area contributed by atoms with Crippen LogP contribution >= 0.6 is 0 Å². The highest BCUT2D eigenvalue weighted by Gasteiger charge is 2.30. The van der Waals surface area contributed by atoms with Crippen LogP contribution in [0.4, 0.5) is 19.0 Å². The number of alkyl halides is 3. The zero-order valence-corrected chi connectivity index (χ0v) is 13.7. The van der Waals surface area contributed by atoms with E-state index in [9.17, 15) is 18.0 Å². The largest absolute Gasteiger partial charge is 0.416 e. The van der Waals surface area contributed by atoms with Gasteiger partial charge in [-0.05, 0) is 25.1 Å². The van der Waals surface area contributed by atoms with Crippen LogP contribution in [0.5, 0.6) is 0 Å². The molecule has 0 aliphatic heterocycles. The first kappa shape index (κ1) is 17.6. The van der Waals surface area contributed by atoms with Crippen LogP contribution in [0, 0.1) is 0 Å². The number of rotatable bonds is 5. The molecule has 10 heteroatoms. The van der Waals surface area contributed by atoms with Gasteiger partial charge in [0.05, 0.1) is 24.0 Å². The number of carbonyl (C=O) groups is 1. The van der Waals surface area contributed by atoms with E-state index in [0.29, 0.717) is 23.6 Å². The molecule has 0 aliphatic rings. The Hall–Kier alpha value is -3.17. The number of halogens is 3. The number of aryl methyl sites for hydroxylation is 1. The van der Waals surface area contributed by atoms with Gasteiger partial charge in [-0.15, -0.1) is 5.10 Å². The first-order chi connectivity index (χ1) is 12.3. The smallest absolute Gasteiger partial charge is 0.306 e. The van der Waals surface area contributed by atoms with E-state index >= 15 is 0 Å². The SMILES string of the molecule is CCn1ncc(NC(=O)Cn2ccc(-c3ccc(C(F)(F)F)cc3)n2)n1. The predicted molar refractivity (Wildman–Crippen MR) is 87.0 cm³/mol. The van der Waals surface area contributed by atoms with Gasteiger partial charge in [-0.25, -0.2) is 0 Å². The summed E-state index contributed by atoms with van der Waals surface area (Å²) < 4.78 is 39.2. The number of aromatic nitrogens is 5. The third-order valence-electron chi connectivity index (χ3n) is 3.54. The van der Waals surface area contributed by atoms with Gasteiger partial charge in [0.1, 0.15) is 6.54 Å². The van der Waals surface area contributed by atoms with Gasteiger partial charge >= 0.3 is 6.18 Å². The highest BCUT2D eigenvalue weighted by Crippen LogP contribution is 2.30. The average molecular weight is 364 g/mol. The van der Waals surface area contributed by atoms with Crippen LogP contribution in [0.2, 0.25) is 0 Å². The van der Waals surface area contributed by atoms with Crippen molar-refractivity contribution in [1.82, 2.24) is 24.8 Å². The molecule has 136 valence electrons. The Bertz CT molecular complexity index is 897. The fraction of sp³-hybridized carbons (Fsp3) is 0.250. The van der Waals surface area contributed by atoms with Crippen molar-refractivity contribution in [1.29, 1.82) is 0 Å². The Morgan fingerprint density at radius 3 is 2.50 bits per heavy atom. The van der Waals surface area contributed by atoms with Gasteiger partial charge in [0.25, 0.3) is 0 Å². The highest BCUT2D eigenvalue weighted by atomic mass is 19.4. The molecule has 3 aromatic rings. The van der Waals surface area contributed by atoms with Crippen LogP contribution in [-0.4, -0.2) is 30.7 Å². The zero-order valence-electron chi connectivity index (χ0n) is 13.7. The summed E-state index contributed by atoms with van der Waals surface area (Å²) in [7, 11) is 0. The molecule has 0 fully saturated rings.